The minimum atomic E-state index is -1.27. The molecule has 0 spiro atoms. The van der Waals surface area contributed by atoms with Crippen LogP contribution in [-0.4, -0.2) is 49.4 Å². The average molecular weight is 452 g/mol. The van der Waals surface area contributed by atoms with Crippen molar-refractivity contribution >= 4 is 23.5 Å². The second-order valence-electron chi connectivity index (χ2n) is 9.34. The van der Waals surface area contributed by atoms with Crippen LogP contribution in [0.3, 0.4) is 0 Å². The number of nitrogens with zero attached hydrogens (tertiary/aromatic N) is 3. The number of aromatic nitrogens is 2. The number of fused-ring (bicyclic) bond motifs is 1. The minimum Gasteiger partial charge on any atom is -0.388 e. The Morgan fingerprint density at radius 3 is 2.45 bits per heavy atom. The molecule has 0 aliphatic carbocycles. The van der Waals surface area contributed by atoms with Crippen LogP contribution in [-0.2, 0) is 6.54 Å². The van der Waals surface area contributed by atoms with E-state index >= 15 is 0 Å². The number of aliphatic hydroxyl groups is 1. The Hall–Kier alpha value is -2.65. The number of hydrogen-bond donors (Lipinski definition) is 3. The molecule has 3 rings (SSSR count). The summed E-state index contributed by atoms with van der Waals surface area (Å²) < 4.78 is 15.3. The molecular weight excluding hydrogens is 425 g/mol. The lowest BCUT2D eigenvalue weighted by molar-refractivity contribution is -0.00407. The van der Waals surface area contributed by atoms with Crippen molar-refractivity contribution in [2.24, 2.45) is 5.73 Å². The summed E-state index contributed by atoms with van der Waals surface area (Å²) in [5.74, 6) is -1.01. The van der Waals surface area contributed by atoms with Crippen LogP contribution in [0.5, 0.6) is 0 Å². The van der Waals surface area contributed by atoms with Crippen molar-refractivity contribution in [1.82, 2.24) is 20.0 Å². The molecule has 0 saturated carbocycles. The Morgan fingerprint density at radius 1 is 1.29 bits per heavy atom. The smallest absolute Gasteiger partial charge is 0.315 e. The van der Waals surface area contributed by atoms with Crippen LogP contribution >= 0.6 is 11.6 Å². The van der Waals surface area contributed by atoms with Crippen molar-refractivity contribution < 1.29 is 19.1 Å². The molecule has 0 bridgehead atoms. The van der Waals surface area contributed by atoms with Gasteiger partial charge < -0.3 is 21.1 Å². The van der Waals surface area contributed by atoms with Gasteiger partial charge in [0, 0.05) is 17.6 Å². The summed E-state index contributed by atoms with van der Waals surface area (Å²) in [4.78, 5) is 26.6. The Kier molecular flexibility index (Phi) is 5.79. The minimum absolute atomic E-state index is 0.0384. The van der Waals surface area contributed by atoms with Gasteiger partial charge in [-0.05, 0) is 52.8 Å². The number of rotatable bonds is 3. The number of nitrogens with two attached hydrogens (primary N) is 1. The van der Waals surface area contributed by atoms with Gasteiger partial charge in [0.15, 0.2) is 0 Å². The molecule has 2 aromatic rings. The van der Waals surface area contributed by atoms with Gasteiger partial charge in [0.25, 0.3) is 5.91 Å². The summed E-state index contributed by atoms with van der Waals surface area (Å²) in [7, 11) is 0. The summed E-state index contributed by atoms with van der Waals surface area (Å²) >= 11 is 5.98. The predicted molar refractivity (Wildman–Crippen MR) is 115 cm³/mol. The van der Waals surface area contributed by atoms with Crippen LogP contribution in [0.25, 0.3) is 11.3 Å². The van der Waals surface area contributed by atoms with E-state index in [1.54, 1.807) is 18.5 Å². The number of primary amides is 1. The Morgan fingerprint density at radius 2 is 1.94 bits per heavy atom. The molecule has 8 nitrogen and oxygen atoms in total. The number of carbonyl (C=O) groups excluding carboxylic acids is 2. The maximum atomic E-state index is 13.8. The highest BCUT2D eigenvalue weighted by Gasteiger charge is 2.41. The zero-order valence-electron chi connectivity index (χ0n) is 18.2. The molecule has 1 aromatic heterocycles. The van der Waals surface area contributed by atoms with Gasteiger partial charge >= 0.3 is 6.03 Å². The molecule has 10 heteroatoms. The molecule has 0 fully saturated rings. The molecule has 1 unspecified atom stereocenters. The molecule has 168 valence electrons. The highest BCUT2D eigenvalue weighted by molar-refractivity contribution is 6.31. The van der Waals surface area contributed by atoms with Gasteiger partial charge in [0.05, 0.1) is 34.5 Å². The number of nitrogens with one attached hydrogen (secondary N) is 1. The van der Waals surface area contributed by atoms with E-state index in [4.69, 9.17) is 17.3 Å². The lowest BCUT2D eigenvalue weighted by Gasteiger charge is -2.39. The third kappa shape index (κ3) is 4.67. The number of hydrogen-bond acceptors (Lipinski definition) is 4. The SMILES string of the molecule is CC(C)(C)NC(=O)c1c(-c2ccc(F)c(Cl)c2)nn2c1CN(C(N)=O)CC2C(C)(C)O. The largest absolute Gasteiger partial charge is 0.388 e. The standard InChI is InChI=1S/C21H27ClFN5O3/c1-20(2,3)25-18(29)16-14-9-27(19(24)30)10-15(21(4,5)31)28(14)26-17(16)11-6-7-13(23)12(22)8-11/h6-8,15,31H,9-10H2,1-5H3,(H2,24,30)(H,25,29). The molecule has 1 atom stereocenters. The van der Waals surface area contributed by atoms with Gasteiger partial charge in [-0.2, -0.15) is 5.10 Å². The van der Waals surface area contributed by atoms with Crippen molar-refractivity contribution in [3.05, 3.63) is 40.3 Å². The highest BCUT2D eigenvalue weighted by atomic mass is 35.5. The third-order valence-electron chi connectivity index (χ3n) is 5.07. The van der Waals surface area contributed by atoms with Gasteiger partial charge in [-0.25, -0.2) is 9.18 Å². The van der Waals surface area contributed by atoms with Crippen LogP contribution in [0.15, 0.2) is 18.2 Å². The maximum Gasteiger partial charge on any atom is 0.315 e. The Bertz CT molecular complexity index is 1040. The molecule has 0 radical (unpaired) electrons. The van der Waals surface area contributed by atoms with Crippen molar-refractivity contribution in [2.75, 3.05) is 6.54 Å². The van der Waals surface area contributed by atoms with E-state index in [-0.39, 0.29) is 29.4 Å². The fourth-order valence-corrected chi connectivity index (χ4v) is 3.77. The summed E-state index contributed by atoms with van der Waals surface area (Å²) in [6.07, 6.45) is 0. The molecule has 4 N–H and O–H groups in total. The molecule has 1 aromatic carbocycles. The fourth-order valence-electron chi connectivity index (χ4n) is 3.59. The molecule has 1 aliphatic rings. The monoisotopic (exact) mass is 451 g/mol. The number of halogens is 2. The highest BCUT2D eigenvalue weighted by Crippen LogP contribution is 2.36. The van der Waals surface area contributed by atoms with E-state index < -0.39 is 34.9 Å². The van der Waals surface area contributed by atoms with Gasteiger partial charge in [0.2, 0.25) is 0 Å². The predicted octanol–water partition coefficient (Wildman–Crippen LogP) is 3.08. The van der Waals surface area contributed by atoms with Crippen molar-refractivity contribution in [3.8, 4) is 11.3 Å². The van der Waals surface area contributed by atoms with Gasteiger partial charge in [-0.15, -0.1) is 0 Å². The average Bonchev–Trinajstić information content (AvgIpc) is 3.00. The van der Waals surface area contributed by atoms with E-state index in [1.165, 1.54) is 23.1 Å². The molecule has 0 saturated heterocycles. The first-order chi connectivity index (χ1) is 14.2. The van der Waals surface area contributed by atoms with Crippen LogP contribution in [0, 0.1) is 5.82 Å². The second kappa shape index (κ2) is 7.80. The van der Waals surface area contributed by atoms with E-state index in [0.717, 1.165) is 0 Å². The lowest BCUT2D eigenvalue weighted by atomic mass is 9.95. The van der Waals surface area contributed by atoms with E-state index in [0.29, 0.717) is 11.3 Å². The van der Waals surface area contributed by atoms with E-state index in [9.17, 15) is 19.1 Å². The number of amides is 3. The van der Waals surface area contributed by atoms with E-state index in [1.807, 2.05) is 20.8 Å². The van der Waals surface area contributed by atoms with E-state index in [2.05, 4.69) is 10.4 Å². The van der Waals surface area contributed by atoms with Crippen LogP contribution < -0.4 is 11.1 Å². The Balaban J connectivity index is 2.28. The summed E-state index contributed by atoms with van der Waals surface area (Å²) in [5.41, 5.74) is 5.07. The fraction of sp³-hybridized carbons (Fsp3) is 0.476. The van der Waals surface area contributed by atoms with Gasteiger partial charge in [-0.3, -0.25) is 9.48 Å². The summed E-state index contributed by atoms with van der Waals surface area (Å²) in [5, 5.41) is 18.2. The normalized spacial score (nSPS) is 16.8. The van der Waals surface area contributed by atoms with Crippen LogP contribution in [0.1, 0.15) is 56.7 Å². The first kappa shape index (κ1) is 23.0. The van der Waals surface area contributed by atoms with Gasteiger partial charge in [0.1, 0.15) is 11.5 Å². The van der Waals surface area contributed by atoms with Crippen LogP contribution in [0.4, 0.5) is 9.18 Å². The zero-order valence-corrected chi connectivity index (χ0v) is 18.9. The summed E-state index contributed by atoms with van der Waals surface area (Å²) in [6, 6.07) is 2.74. The Labute approximate surface area is 185 Å². The topological polar surface area (TPSA) is 113 Å². The quantitative estimate of drug-likeness (QED) is 0.665. The number of urea groups is 1. The number of carbonyl (C=O) groups is 2. The van der Waals surface area contributed by atoms with Crippen molar-refractivity contribution in [2.45, 2.75) is 58.3 Å². The van der Waals surface area contributed by atoms with Crippen LogP contribution in [0.2, 0.25) is 5.02 Å². The molecule has 1 aliphatic heterocycles. The van der Waals surface area contributed by atoms with Crippen molar-refractivity contribution in [3.63, 3.8) is 0 Å². The number of benzene rings is 1. The molecular formula is C21H27ClFN5O3. The second-order valence-corrected chi connectivity index (χ2v) is 9.74. The third-order valence-corrected chi connectivity index (χ3v) is 5.36. The van der Waals surface area contributed by atoms with Crippen molar-refractivity contribution in [1.29, 1.82) is 0 Å². The summed E-state index contributed by atoms with van der Waals surface area (Å²) in [6.45, 7) is 8.86. The zero-order chi connectivity index (χ0) is 23.3. The van der Waals surface area contributed by atoms with Gasteiger partial charge in [-0.1, -0.05) is 11.6 Å². The first-order valence-corrected chi connectivity index (χ1v) is 10.2. The lowest BCUT2D eigenvalue weighted by Crippen LogP contribution is -2.50. The molecule has 2 heterocycles. The molecule has 3 amide bonds. The maximum absolute atomic E-state index is 13.8. The molecule has 31 heavy (non-hydrogen) atoms. The first-order valence-electron chi connectivity index (χ1n) is 9.85.